The molecule has 1 aromatic heterocycles. The predicted molar refractivity (Wildman–Crippen MR) is 108 cm³/mol. The molecule has 0 saturated carbocycles. The van der Waals surface area contributed by atoms with Crippen LogP contribution < -0.4 is 4.90 Å². The minimum atomic E-state index is 0.132. The van der Waals surface area contributed by atoms with E-state index in [1.807, 2.05) is 25.2 Å². The minimum Gasteiger partial charge on any atom is -0.359 e. The van der Waals surface area contributed by atoms with Gasteiger partial charge < -0.3 is 9.80 Å². The first kappa shape index (κ1) is 17.0. The van der Waals surface area contributed by atoms with E-state index in [4.69, 9.17) is 0 Å². The summed E-state index contributed by atoms with van der Waals surface area (Å²) in [7, 11) is 1.87. The number of amides is 1. The first-order valence-corrected chi connectivity index (χ1v) is 9.86. The van der Waals surface area contributed by atoms with Crippen LogP contribution in [0, 0.1) is 0 Å². The molecular formula is C21H23N3OS. The second-order valence-electron chi connectivity index (χ2n) is 6.97. The van der Waals surface area contributed by atoms with Crippen LogP contribution in [0.3, 0.4) is 0 Å². The lowest BCUT2D eigenvalue weighted by Gasteiger charge is -2.37. The van der Waals surface area contributed by atoms with Gasteiger partial charge in [-0.15, -0.1) is 11.3 Å². The summed E-state index contributed by atoms with van der Waals surface area (Å²) in [5.74, 6) is 0.132. The standard InChI is InChI=1S/C21H23N3OS/c1-15-11-12-16-7-3-5-9-18(16)24(15)14-21(25)23(2)13-20-22-17-8-4-6-10-19(17)26-20/h3-10,15H,11-14H2,1-2H3. The van der Waals surface area contributed by atoms with Crippen molar-refractivity contribution in [3.63, 3.8) is 0 Å². The van der Waals surface area contributed by atoms with Gasteiger partial charge in [0, 0.05) is 18.8 Å². The highest BCUT2D eigenvalue weighted by atomic mass is 32.1. The van der Waals surface area contributed by atoms with Crippen molar-refractivity contribution in [3.05, 3.63) is 59.1 Å². The molecule has 0 N–H and O–H groups in total. The van der Waals surface area contributed by atoms with Gasteiger partial charge in [0.05, 0.1) is 23.3 Å². The highest BCUT2D eigenvalue weighted by Gasteiger charge is 2.25. The van der Waals surface area contributed by atoms with E-state index in [9.17, 15) is 4.79 Å². The van der Waals surface area contributed by atoms with E-state index in [1.54, 1.807) is 16.2 Å². The third-order valence-electron chi connectivity index (χ3n) is 5.11. The van der Waals surface area contributed by atoms with Gasteiger partial charge in [-0.1, -0.05) is 30.3 Å². The first-order chi connectivity index (χ1) is 12.6. The van der Waals surface area contributed by atoms with Gasteiger partial charge in [0.2, 0.25) is 5.91 Å². The van der Waals surface area contributed by atoms with Crippen LogP contribution in [-0.4, -0.2) is 35.4 Å². The Balaban J connectivity index is 1.47. The zero-order valence-electron chi connectivity index (χ0n) is 15.2. The van der Waals surface area contributed by atoms with Crippen LogP contribution in [0.2, 0.25) is 0 Å². The van der Waals surface area contributed by atoms with Crippen LogP contribution in [0.25, 0.3) is 10.2 Å². The quantitative estimate of drug-likeness (QED) is 0.698. The van der Waals surface area contributed by atoms with Gasteiger partial charge in [-0.25, -0.2) is 4.98 Å². The van der Waals surface area contributed by atoms with E-state index in [-0.39, 0.29) is 5.91 Å². The van der Waals surface area contributed by atoms with Gasteiger partial charge in [-0.2, -0.15) is 0 Å². The Bertz CT molecular complexity index is 903. The maximum absolute atomic E-state index is 12.8. The number of rotatable bonds is 4. The van der Waals surface area contributed by atoms with Crippen molar-refractivity contribution in [2.75, 3.05) is 18.5 Å². The monoisotopic (exact) mass is 365 g/mol. The lowest BCUT2D eigenvalue weighted by Crippen LogP contribution is -2.44. The molecule has 0 fully saturated rings. The van der Waals surface area contributed by atoms with Crippen molar-refractivity contribution in [1.82, 2.24) is 9.88 Å². The van der Waals surface area contributed by atoms with E-state index in [0.29, 0.717) is 19.1 Å². The van der Waals surface area contributed by atoms with Gasteiger partial charge in [0.15, 0.2) is 0 Å². The van der Waals surface area contributed by atoms with E-state index in [1.165, 1.54) is 16.0 Å². The van der Waals surface area contributed by atoms with Crippen LogP contribution in [-0.2, 0) is 17.8 Å². The molecular weight excluding hydrogens is 342 g/mol. The van der Waals surface area contributed by atoms with Gasteiger partial charge in [-0.3, -0.25) is 4.79 Å². The predicted octanol–water partition coefficient (Wildman–Crippen LogP) is 4.10. The molecule has 0 bridgehead atoms. The van der Waals surface area contributed by atoms with Crippen molar-refractivity contribution in [2.45, 2.75) is 32.4 Å². The second-order valence-corrected chi connectivity index (χ2v) is 8.08. The van der Waals surface area contributed by atoms with Crippen molar-refractivity contribution in [1.29, 1.82) is 0 Å². The molecule has 1 unspecified atom stereocenters. The Labute approximate surface area is 158 Å². The molecule has 1 amide bonds. The average Bonchev–Trinajstić information content (AvgIpc) is 3.06. The zero-order valence-corrected chi connectivity index (χ0v) is 16.0. The number of aryl methyl sites for hydroxylation is 1. The summed E-state index contributed by atoms with van der Waals surface area (Å²) in [5, 5.41) is 0.981. The average molecular weight is 366 g/mol. The van der Waals surface area contributed by atoms with Gasteiger partial charge >= 0.3 is 0 Å². The largest absolute Gasteiger partial charge is 0.359 e. The molecule has 2 heterocycles. The molecule has 26 heavy (non-hydrogen) atoms. The summed E-state index contributed by atoms with van der Waals surface area (Å²) < 4.78 is 1.17. The smallest absolute Gasteiger partial charge is 0.242 e. The number of nitrogens with zero attached hydrogens (tertiary/aromatic N) is 3. The molecule has 1 aliphatic heterocycles. The van der Waals surface area contributed by atoms with Crippen molar-refractivity contribution < 1.29 is 4.79 Å². The number of carbonyl (C=O) groups is 1. The normalized spacial score (nSPS) is 16.5. The van der Waals surface area contributed by atoms with Crippen LogP contribution >= 0.6 is 11.3 Å². The topological polar surface area (TPSA) is 36.4 Å². The number of para-hydroxylation sites is 2. The van der Waals surface area contributed by atoms with E-state index in [2.05, 4.69) is 47.1 Å². The summed E-state index contributed by atoms with van der Waals surface area (Å²) in [6.07, 6.45) is 2.18. The highest BCUT2D eigenvalue weighted by Crippen LogP contribution is 2.30. The van der Waals surface area contributed by atoms with Crippen LogP contribution in [0.5, 0.6) is 0 Å². The molecule has 0 aliphatic carbocycles. The third-order valence-corrected chi connectivity index (χ3v) is 6.13. The molecule has 134 valence electrons. The van der Waals surface area contributed by atoms with Crippen molar-refractivity contribution in [2.24, 2.45) is 0 Å². The van der Waals surface area contributed by atoms with Gasteiger partial charge in [0.25, 0.3) is 0 Å². The number of likely N-dealkylation sites (N-methyl/N-ethyl adjacent to an activating group) is 1. The fourth-order valence-electron chi connectivity index (χ4n) is 3.55. The molecule has 5 heteroatoms. The SMILES string of the molecule is CC1CCc2ccccc2N1CC(=O)N(C)Cc1nc2ccccc2s1. The first-order valence-electron chi connectivity index (χ1n) is 9.05. The van der Waals surface area contributed by atoms with Crippen molar-refractivity contribution >= 4 is 33.1 Å². The fourth-order valence-corrected chi connectivity index (χ4v) is 4.57. The Morgan fingerprint density at radius 3 is 2.85 bits per heavy atom. The van der Waals surface area contributed by atoms with E-state index >= 15 is 0 Å². The van der Waals surface area contributed by atoms with Crippen LogP contribution in [0.1, 0.15) is 23.9 Å². The maximum Gasteiger partial charge on any atom is 0.242 e. The highest BCUT2D eigenvalue weighted by molar-refractivity contribution is 7.18. The number of carbonyl (C=O) groups excluding carboxylic acids is 1. The maximum atomic E-state index is 12.8. The van der Waals surface area contributed by atoms with Gasteiger partial charge in [0.1, 0.15) is 5.01 Å². The minimum absolute atomic E-state index is 0.132. The number of anilines is 1. The van der Waals surface area contributed by atoms with E-state index in [0.717, 1.165) is 23.4 Å². The third kappa shape index (κ3) is 3.31. The number of thiazole rings is 1. The summed E-state index contributed by atoms with van der Waals surface area (Å²) >= 11 is 1.66. The van der Waals surface area contributed by atoms with Crippen LogP contribution in [0.15, 0.2) is 48.5 Å². The summed E-state index contributed by atoms with van der Waals surface area (Å²) in [5.41, 5.74) is 3.55. The van der Waals surface area contributed by atoms with Gasteiger partial charge in [-0.05, 0) is 43.5 Å². The molecule has 2 aromatic carbocycles. The number of fused-ring (bicyclic) bond motifs is 2. The Hall–Kier alpha value is -2.40. The van der Waals surface area contributed by atoms with E-state index < -0.39 is 0 Å². The molecule has 4 rings (SSSR count). The molecule has 0 radical (unpaired) electrons. The lowest BCUT2D eigenvalue weighted by molar-refractivity contribution is -0.129. The molecule has 3 aromatic rings. The van der Waals surface area contributed by atoms with Crippen LogP contribution in [0.4, 0.5) is 5.69 Å². The fraction of sp³-hybridized carbons (Fsp3) is 0.333. The molecule has 1 atom stereocenters. The zero-order chi connectivity index (χ0) is 18.1. The summed E-state index contributed by atoms with van der Waals surface area (Å²) in [6, 6.07) is 16.9. The second kappa shape index (κ2) is 7.08. The molecule has 1 aliphatic rings. The molecule has 0 spiro atoms. The Kier molecular flexibility index (Phi) is 4.64. The number of aromatic nitrogens is 1. The molecule has 0 saturated heterocycles. The summed E-state index contributed by atoms with van der Waals surface area (Å²) in [4.78, 5) is 21.5. The number of benzene rings is 2. The summed E-state index contributed by atoms with van der Waals surface area (Å²) in [6.45, 7) is 3.18. The van der Waals surface area contributed by atoms with Crippen molar-refractivity contribution in [3.8, 4) is 0 Å². The number of hydrogen-bond donors (Lipinski definition) is 0. The Morgan fingerprint density at radius 1 is 1.23 bits per heavy atom. The Morgan fingerprint density at radius 2 is 2.00 bits per heavy atom. The lowest BCUT2D eigenvalue weighted by atomic mass is 9.96. The number of hydrogen-bond acceptors (Lipinski definition) is 4. The molecule has 4 nitrogen and oxygen atoms in total.